The van der Waals surface area contributed by atoms with Crippen molar-refractivity contribution in [2.75, 3.05) is 0 Å². The minimum absolute atomic E-state index is 0.140. The van der Waals surface area contributed by atoms with Gasteiger partial charge in [0.05, 0.1) is 0 Å². The van der Waals surface area contributed by atoms with Gasteiger partial charge in [0.25, 0.3) is 0 Å². The topological polar surface area (TPSA) is 63.3 Å². The highest BCUT2D eigenvalue weighted by atomic mass is 16.3. The Morgan fingerprint density at radius 2 is 1.82 bits per heavy atom. The third-order valence-electron chi connectivity index (χ3n) is 2.59. The maximum Gasteiger partial charge on any atom is 0.248 e. The van der Waals surface area contributed by atoms with E-state index in [-0.39, 0.29) is 5.75 Å². The van der Waals surface area contributed by atoms with E-state index in [0.29, 0.717) is 12.0 Å². The van der Waals surface area contributed by atoms with Gasteiger partial charge in [0.2, 0.25) is 5.91 Å². The second-order valence-electron chi connectivity index (χ2n) is 3.87. The largest absolute Gasteiger partial charge is 0.508 e. The van der Waals surface area contributed by atoms with Gasteiger partial charge >= 0.3 is 0 Å². The first-order valence-corrected chi connectivity index (χ1v) is 5.32. The number of benzene rings is 2. The second kappa shape index (κ2) is 4.70. The van der Waals surface area contributed by atoms with Gasteiger partial charge in [-0.15, -0.1) is 0 Å². The van der Waals surface area contributed by atoms with E-state index >= 15 is 0 Å². The number of carbonyl (C=O) groups excluding carboxylic acids is 1. The van der Waals surface area contributed by atoms with Gasteiger partial charge in [0.1, 0.15) is 5.75 Å². The number of amides is 1. The van der Waals surface area contributed by atoms with Crippen molar-refractivity contribution in [1.29, 1.82) is 0 Å². The van der Waals surface area contributed by atoms with Crippen molar-refractivity contribution in [2.45, 2.75) is 6.42 Å². The van der Waals surface area contributed by atoms with Crippen molar-refractivity contribution in [3.63, 3.8) is 0 Å². The number of rotatable bonds is 3. The van der Waals surface area contributed by atoms with Crippen molar-refractivity contribution in [1.82, 2.24) is 0 Å². The fraction of sp³-hybridized carbons (Fsp3) is 0.0714. The average molecular weight is 227 g/mol. The second-order valence-corrected chi connectivity index (χ2v) is 3.87. The molecule has 86 valence electrons. The van der Waals surface area contributed by atoms with Crippen molar-refractivity contribution in [3.05, 3.63) is 65.2 Å². The molecule has 0 saturated carbocycles. The summed E-state index contributed by atoms with van der Waals surface area (Å²) >= 11 is 0. The van der Waals surface area contributed by atoms with Crippen LogP contribution in [0.2, 0.25) is 0 Å². The monoisotopic (exact) mass is 227 g/mol. The number of hydrogen-bond donors (Lipinski definition) is 2. The van der Waals surface area contributed by atoms with E-state index in [0.717, 1.165) is 11.1 Å². The van der Waals surface area contributed by atoms with E-state index in [2.05, 4.69) is 0 Å². The zero-order valence-electron chi connectivity index (χ0n) is 9.26. The van der Waals surface area contributed by atoms with Crippen LogP contribution in [-0.4, -0.2) is 11.0 Å². The summed E-state index contributed by atoms with van der Waals surface area (Å²) in [7, 11) is 0. The molecule has 2 aromatic rings. The number of phenols is 1. The van der Waals surface area contributed by atoms with Crippen LogP contribution in [0.15, 0.2) is 48.5 Å². The Bertz CT molecular complexity index is 535. The van der Waals surface area contributed by atoms with E-state index in [9.17, 15) is 9.90 Å². The summed E-state index contributed by atoms with van der Waals surface area (Å²) in [5, 5.41) is 9.45. The van der Waals surface area contributed by atoms with Gasteiger partial charge in [-0.1, -0.05) is 30.3 Å². The quantitative estimate of drug-likeness (QED) is 0.843. The van der Waals surface area contributed by atoms with Gasteiger partial charge in [-0.3, -0.25) is 4.79 Å². The molecular weight excluding hydrogens is 214 g/mol. The highest BCUT2D eigenvalue weighted by Crippen LogP contribution is 2.19. The Labute approximate surface area is 99.5 Å². The van der Waals surface area contributed by atoms with Crippen LogP contribution >= 0.6 is 0 Å². The number of hydrogen-bond acceptors (Lipinski definition) is 2. The molecule has 0 aliphatic rings. The van der Waals surface area contributed by atoms with Crippen LogP contribution in [-0.2, 0) is 6.42 Å². The van der Waals surface area contributed by atoms with E-state index in [1.807, 2.05) is 30.3 Å². The molecule has 0 spiro atoms. The summed E-state index contributed by atoms with van der Waals surface area (Å²) in [5.74, 6) is -0.336. The molecule has 0 fully saturated rings. The molecule has 0 heterocycles. The summed E-state index contributed by atoms with van der Waals surface area (Å²) in [6.45, 7) is 0. The lowest BCUT2D eigenvalue weighted by Gasteiger charge is -2.07. The number of aromatic hydroxyl groups is 1. The van der Waals surface area contributed by atoms with Gasteiger partial charge in [-0.25, -0.2) is 0 Å². The highest BCUT2D eigenvalue weighted by molar-refractivity contribution is 5.94. The van der Waals surface area contributed by atoms with E-state index in [4.69, 9.17) is 5.73 Å². The molecule has 0 radical (unpaired) electrons. The van der Waals surface area contributed by atoms with Crippen molar-refractivity contribution >= 4 is 5.91 Å². The van der Waals surface area contributed by atoms with Gasteiger partial charge in [0.15, 0.2) is 0 Å². The first-order chi connectivity index (χ1) is 8.16. The summed E-state index contributed by atoms with van der Waals surface area (Å²) in [6.07, 6.45) is 0.577. The molecule has 3 nitrogen and oxygen atoms in total. The fourth-order valence-electron chi connectivity index (χ4n) is 1.78. The Hall–Kier alpha value is -2.29. The molecule has 0 saturated heterocycles. The van der Waals surface area contributed by atoms with Crippen LogP contribution in [0.3, 0.4) is 0 Å². The molecule has 0 aliphatic heterocycles. The van der Waals surface area contributed by atoms with Crippen molar-refractivity contribution < 1.29 is 9.90 Å². The van der Waals surface area contributed by atoms with Gasteiger partial charge in [0, 0.05) is 5.56 Å². The van der Waals surface area contributed by atoms with Crippen LogP contribution < -0.4 is 5.73 Å². The van der Waals surface area contributed by atoms with Crippen LogP contribution in [0.1, 0.15) is 21.5 Å². The van der Waals surface area contributed by atoms with Crippen molar-refractivity contribution in [2.24, 2.45) is 5.73 Å². The first-order valence-electron chi connectivity index (χ1n) is 5.32. The summed E-state index contributed by atoms with van der Waals surface area (Å²) < 4.78 is 0. The molecule has 2 aromatic carbocycles. The molecule has 3 heteroatoms. The molecule has 0 atom stereocenters. The molecule has 0 aliphatic carbocycles. The lowest BCUT2D eigenvalue weighted by molar-refractivity contribution is 0.0999. The SMILES string of the molecule is NC(=O)c1ccc(O)cc1Cc1ccccc1. The van der Waals surface area contributed by atoms with Gasteiger partial charge in [-0.2, -0.15) is 0 Å². The number of phenolic OH excluding ortho intramolecular Hbond substituents is 1. The third kappa shape index (κ3) is 2.64. The Morgan fingerprint density at radius 1 is 1.12 bits per heavy atom. The summed E-state index contributed by atoms with van der Waals surface area (Å²) in [6, 6.07) is 14.3. The Kier molecular flexibility index (Phi) is 3.10. The molecule has 1 amide bonds. The number of nitrogens with two attached hydrogens (primary N) is 1. The average Bonchev–Trinajstić information content (AvgIpc) is 2.30. The predicted octanol–water partition coefficient (Wildman–Crippen LogP) is 2.08. The molecule has 0 unspecified atom stereocenters. The number of primary amides is 1. The lowest BCUT2D eigenvalue weighted by atomic mass is 9.99. The van der Waals surface area contributed by atoms with Crippen LogP contribution in [0, 0.1) is 0 Å². The van der Waals surface area contributed by atoms with E-state index in [1.54, 1.807) is 12.1 Å². The predicted molar refractivity (Wildman–Crippen MR) is 65.9 cm³/mol. The number of carbonyl (C=O) groups is 1. The molecule has 0 aromatic heterocycles. The standard InChI is InChI=1S/C14H13NO2/c15-14(17)13-7-6-12(16)9-11(13)8-10-4-2-1-3-5-10/h1-7,9,16H,8H2,(H2,15,17). The summed E-state index contributed by atoms with van der Waals surface area (Å²) in [4.78, 5) is 11.3. The normalized spacial score (nSPS) is 10.1. The van der Waals surface area contributed by atoms with Crippen LogP contribution in [0.4, 0.5) is 0 Å². The molecular formula is C14H13NO2. The van der Waals surface area contributed by atoms with E-state index < -0.39 is 5.91 Å². The van der Waals surface area contributed by atoms with Crippen LogP contribution in [0.5, 0.6) is 5.75 Å². The molecule has 2 rings (SSSR count). The van der Waals surface area contributed by atoms with Gasteiger partial charge in [-0.05, 0) is 35.7 Å². The minimum Gasteiger partial charge on any atom is -0.508 e. The Morgan fingerprint density at radius 3 is 2.47 bits per heavy atom. The zero-order valence-corrected chi connectivity index (χ0v) is 9.26. The van der Waals surface area contributed by atoms with Gasteiger partial charge < -0.3 is 10.8 Å². The fourth-order valence-corrected chi connectivity index (χ4v) is 1.78. The Balaban J connectivity index is 2.37. The summed E-state index contributed by atoms with van der Waals surface area (Å²) in [5.41, 5.74) is 7.56. The third-order valence-corrected chi connectivity index (χ3v) is 2.59. The van der Waals surface area contributed by atoms with Crippen molar-refractivity contribution in [3.8, 4) is 5.75 Å². The van der Waals surface area contributed by atoms with Crippen LogP contribution in [0.25, 0.3) is 0 Å². The minimum atomic E-state index is -0.476. The maximum atomic E-state index is 11.3. The molecule has 0 bridgehead atoms. The highest BCUT2D eigenvalue weighted by Gasteiger charge is 2.09. The first kappa shape index (κ1) is 11.2. The molecule has 3 N–H and O–H groups in total. The lowest BCUT2D eigenvalue weighted by Crippen LogP contribution is -2.13. The van der Waals surface area contributed by atoms with E-state index in [1.165, 1.54) is 6.07 Å². The zero-order chi connectivity index (χ0) is 12.3. The smallest absolute Gasteiger partial charge is 0.248 e. The maximum absolute atomic E-state index is 11.3. The molecule has 17 heavy (non-hydrogen) atoms.